The molecule has 0 radical (unpaired) electrons. The van der Waals surface area contributed by atoms with E-state index in [1.165, 1.54) is 0 Å². The lowest BCUT2D eigenvalue weighted by atomic mass is 10.1. The van der Waals surface area contributed by atoms with Gasteiger partial charge in [-0.25, -0.2) is 13.2 Å². The van der Waals surface area contributed by atoms with Crippen molar-refractivity contribution >= 4 is 0 Å². The highest BCUT2D eigenvalue weighted by atomic mass is 19.4. The van der Waals surface area contributed by atoms with Crippen molar-refractivity contribution in [3.05, 3.63) is 35.1 Å². The summed E-state index contributed by atoms with van der Waals surface area (Å²) in [5, 5.41) is 8.62. The maximum absolute atomic E-state index is 12.5. The second-order valence-corrected chi connectivity index (χ2v) is 2.74. The Morgan fingerprint density at radius 2 is 1.40 bits per heavy atom. The zero-order valence-corrected chi connectivity index (χ0v) is 6.95. The van der Waals surface area contributed by atoms with E-state index in [9.17, 15) is 26.3 Å². The number of alkyl halides is 3. The van der Waals surface area contributed by atoms with Gasteiger partial charge in [0.2, 0.25) is 0 Å². The Hall–Kier alpha value is -1.24. The molecule has 0 fully saturated rings. The molecule has 1 aromatic rings. The fourth-order valence-corrected chi connectivity index (χ4v) is 0.922. The minimum Gasteiger partial charge on any atom is -0.379 e. The first-order valence-corrected chi connectivity index (χ1v) is 3.62. The maximum Gasteiger partial charge on any atom is 0.418 e. The first kappa shape index (κ1) is 11.8. The molecule has 0 aliphatic carbocycles. The minimum atomic E-state index is -5.06. The van der Waals surface area contributed by atoms with Crippen LogP contribution in [0, 0.1) is 17.5 Å². The van der Waals surface area contributed by atoms with Gasteiger partial charge in [-0.2, -0.15) is 13.2 Å². The lowest BCUT2D eigenvalue weighted by Gasteiger charge is -2.14. The Morgan fingerprint density at radius 1 is 1.00 bits per heavy atom. The molecule has 0 aliphatic rings. The van der Waals surface area contributed by atoms with Crippen molar-refractivity contribution in [2.24, 2.45) is 0 Å². The van der Waals surface area contributed by atoms with Gasteiger partial charge in [-0.3, -0.25) is 0 Å². The van der Waals surface area contributed by atoms with E-state index in [4.69, 9.17) is 5.11 Å². The summed E-state index contributed by atoms with van der Waals surface area (Å²) in [5.41, 5.74) is -1.08. The summed E-state index contributed by atoms with van der Waals surface area (Å²) >= 11 is 0. The van der Waals surface area contributed by atoms with E-state index in [0.29, 0.717) is 0 Å². The van der Waals surface area contributed by atoms with Gasteiger partial charge in [0.1, 0.15) is 0 Å². The van der Waals surface area contributed by atoms with Crippen LogP contribution in [-0.4, -0.2) is 11.3 Å². The largest absolute Gasteiger partial charge is 0.418 e. The van der Waals surface area contributed by atoms with Crippen molar-refractivity contribution in [2.75, 3.05) is 0 Å². The number of halogens is 6. The van der Waals surface area contributed by atoms with E-state index in [2.05, 4.69) is 0 Å². The van der Waals surface area contributed by atoms with Gasteiger partial charge in [0, 0.05) is 0 Å². The molecule has 7 heteroatoms. The summed E-state index contributed by atoms with van der Waals surface area (Å²) in [6, 6.07) is 0.188. The van der Waals surface area contributed by atoms with Crippen LogP contribution >= 0.6 is 0 Å². The van der Waals surface area contributed by atoms with Gasteiger partial charge in [0.05, 0.1) is 0 Å². The number of hydrogen-bond donors (Lipinski definition) is 1. The molecule has 0 amide bonds. The highest BCUT2D eigenvalue weighted by Gasteiger charge is 2.40. The van der Waals surface area contributed by atoms with Crippen LogP contribution in [0.5, 0.6) is 0 Å². The van der Waals surface area contributed by atoms with E-state index < -0.39 is 35.3 Å². The van der Waals surface area contributed by atoms with Crippen molar-refractivity contribution < 1.29 is 31.4 Å². The third-order valence-electron chi connectivity index (χ3n) is 1.63. The molecule has 0 aliphatic heterocycles. The monoisotopic (exact) mass is 230 g/mol. The zero-order chi connectivity index (χ0) is 11.8. The van der Waals surface area contributed by atoms with E-state index in [1.54, 1.807) is 0 Å². The molecule has 0 heterocycles. The molecule has 0 bridgehead atoms. The van der Waals surface area contributed by atoms with Crippen LogP contribution in [0.4, 0.5) is 26.3 Å². The summed E-state index contributed by atoms with van der Waals surface area (Å²) in [4.78, 5) is 0. The molecule has 0 aromatic heterocycles. The normalized spacial score (nSPS) is 14.1. The average Bonchev–Trinajstić information content (AvgIpc) is 2.10. The number of hydrogen-bond acceptors (Lipinski definition) is 1. The molecule has 1 nitrogen and oxygen atoms in total. The molecule has 0 saturated carbocycles. The predicted molar refractivity (Wildman–Crippen MR) is 37.3 cm³/mol. The molecule has 0 unspecified atom stereocenters. The van der Waals surface area contributed by atoms with Crippen molar-refractivity contribution in [3.63, 3.8) is 0 Å². The molecule has 1 aromatic carbocycles. The Kier molecular flexibility index (Phi) is 2.94. The SMILES string of the molecule is O[C@@H](c1cc(F)c(F)c(F)c1)C(F)(F)F. The molecule has 84 valence electrons. The van der Waals surface area contributed by atoms with Crippen molar-refractivity contribution in [2.45, 2.75) is 12.3 Å². The highest BCUT2D eigenvalue weighted by molar-refractivity contribution is 5.22. The first-order chi connectivity index (χ1) is 6.73. The summed E-state index contributed by atoms with van der Waals surface area (Å²) in [6.45, 7) is 0. The second kappa shape index (κ2) is 3.73. The van der Waals surface area contributed by atoms with Crippen LogP contribution in [0.25, 0.3) is 0 Å². The van der Waals surface area contributed by atoms with Gasteiger partial charge < -0.3 is 5.11 Å². The van der Waals surface area contributed by atoms with Gasteiger partial charge in [-0.1, -0.05) is 0 Å². The van der Waals surface area contributed by atoms with Gasteiger partial charge in [-0.15, -0.1) is 0 Å². The summed E-state index contributed by atoms with van der Waals surface area (Å²) in [6.07, 6.45) is -8.10. The van der Waals surface area contributed by atoms with Crippen LogP contribution in [-0.2, 0) is 0 Å². The first-order valence-electron chi connectivity index (χ1n) is 3.62. The van der Waals surface area contributed by atoms with Crippen molar-refractivity contribution in [1.29, 1.82) is 0 Å². The standard InChI is InChI=1S/C8H4F6O/c9-4-1-3(2-5(10)6(4)11)7(15)8(12,13)14/h1-2,7,15H/t7-/m0/s1. The number of aliphatic hydroxyl groups is 1. The molecule has 15 heavy (non-hydrogen) atoms. The predicted octanol–water partition coefficient (Wildman–Crippen LogP) is 2.70. The lowest BCUT2D eigenvalue weighted by molar-refractivity contribution is -0.206. The fourth-order valence-electron chi connectivity index (χ4n) is 0.922. The lowest BCUT2D eigenvalue weighted by Crippen LogP contribution is -2.20. The molecular weight excluding hydrogens is 226 g/mol. The Labute approximate surface area is 79.9 Å². The molecular formula is C8H4F6O. The Balaban J connectivity index is 3.17. The number of rotatable bonds is 1. The van der Waals surface area contributed by atoms with Gasteiger partial charge in [0.15, 0.2) is 23.6 Å². The number of aliphatic hydroxyl groups excluding tert-OH is 1. The van der Waals surface area contributed by atoms with E-state index in [0.717, 1.165) is 0 Å². The van der Waals surface area contributed by atoms with Crippen molar-refractivity contribution in [3.8, 4) is 0 Å². The van der Waals surface area contributed by atoms with E-state index in [1.807, 2.05) is 0 Å². The maximum atomic E-state index is 12.5. The molecule has 1 N–H and O–H groups in total. The summed E-state index contributed by atoms with van der Waals surface area (Å²) in [7, 11) is 0. The average molecular weight is 230 g/mol. The van der Waals surface area contributed by atoms with E-state index in [-0.39, 0.29) is 12.1 Å². The van der Waals surface area contributed by atoms with Gasteiger partial charge in [0.25, 0.3) is 0 Å². The van der Waals surface area contributed by atoms with Crippen LogP contribution in [0.2, 0.25) is 0 Å². The van der Waals surface area contributed by atoms with Crippen molar-refractivity contribution in [1.82, 2.24) is 0 Å². The minimum absolute atomic E-state index is 0.0938. The molecule has 1 atom stereocenters. The zero-order valence-electron chi connectivity index (χ0n) is 6.95. The van der Waals surface area contributed by atoms with Gasteiger partial charge >= 0.3 is 6.18 Å². The summed E-state index contributed by atoms with van der Waals surface area (Å²) < 4.78 is 73.1. The third-order valence-corrected chi connectivity index (χ3v) is 1.63. The van der Waals surface area contributed by atoms with Crippen LogP contribution in [0.3, 0.4) is 0 Å². The fraction of sp³-hybridized carbons (Fsp3) is 0.250. The quantitative estimate of drug-likeness (QED) is 0.580. The molecule has 0 saturated heterocycles. The smallest absolute Gasteiger partial charge is 0.379 e. The highest BCUT2D eigenvalue weighted by Crippen LogP contribution is 2.33. The Morgan fingerprint density at radius 3 is 1.73 bits per heavy atom. The Bertz CT molecular complexity index is 349. The van der Waals surface area contributed by atoms with Crippen LogP contribution in [0.1, 0.15) is 11.7 Å². The molecule has 0 spiro atoms. The topological polar surface area (TPSA) is 20.2 Å². The molecule has 1 rings (SSSR count). The summed E-state index contributed by atoms with van der Waals surface area (Å²) in [5.74, 6) is -5.45. The van der Waals surface area contributed by atoms with Crippen LogP contribution in [0.15, 0.2) is 12.1 Å². The number of benzene rings is 1. The van der Waals surface area contributed by atoms with Crippen LogP contribution < -0.4 is 0 Å². The second-order valence-electron chi connectivity index (χ2n) is 2.74. The van der Waals surface area contributed by atoms with Gasteiger partial charge in [-0.05, 0) is 17.7 Å². The third kappa shape index (κ3) is 2.41. The van der Waals surface area contributed by atoms with E-state index >= 15 is 0 Å².